The van der Waals surface area contributed by atoms with Gasteiger partial charge in [0.1, 0.15) is 5.76 Å². The molecule has 22 heavy (non-hydrogen) atoms. The second kappa shape index (κ2) is 6.52. The number of likely N-dealkylation sites (tertiary alicyclic amines) is 1. The number of furan rings is 1. The highest BCUT2D eigenvalue weighted by atomic mass is 16.6. The van der Waals surface area contributed by atoms with Gasteiger partial charge in [-0.2, -0.15) is 4.98 Å². The van der Waals surface area contributed by atoms with Crippen LogP contribution >= 0.6 is 0 Å². The quantitative estimate of drug-likeness (QED) is 0.813. The first kappa shape index (κ1) is 15.1. The fourth-order valence-corrected chi connectivity index (χ4v) is 2.79. The third-order valence-corrected chi connectivity index (χ3v) is 3.90. The molecule has 6 nitrogen and oxygen atoms in total. The number of nitrogens with zero attached hydrogens (tertiary/aromatic N) is 3. The Bertz CT molecular complexity index is 605. The second-order valence-corrected chi connectivity index (χ2v) is 5.93. The maximum atomic E-state index is 5.69. The summed E-state index contributed by atoms with van der Waals surface area (Å²) in [7, 11) is 0. The van der Waals surface area contributed by atoms with E-state index in [1.165, 1.54) is 0 Å². The second-order valence-electron chi connectivity index (χ2n) is 5.93. The molecule has 0 bridgehead atoms. The van der Waals surface area contributed by atoms with Gasteiger partial charge in [0, 0.05) is 12.0 Å². The van der Waals surface area contributed by atoms with Gasteiger partial charge in [0.2, 0.25) is 5.89 Å². The van der Waals surface area contributed by atoms with Crippen LogP contribution < -0.4 is 4.74 Å². The molecule has 3 rings (SSSR count). The minimum absolute atomic E-state index is 0.205. The molecule has 0 saturated carbocycles. The van der Waals surface area contributed by atoms with E-state index in [1.54, 1.807) is 0 Å². The summed E-state index contributed by atoms with van der Waals surface area (Å²) in [5.74, 6) is 3.24. The number of rotatable bonds is 6. The molecule has 1 unspecified atom stereocenters. The summed E-state index contributed by atoms with van der Waals surface area (Å²) < 4.78 is 16.4. The molecule has 1 fully saturated rings. The Labute approximate surface area is 130 Å². The van der Waals surface area contributed by atoms with Crippen molar-refractivity contribution in [3.63, 3.8) is 0 Å². The highest BCUT2D eigenvalue weighted by Gasteiger charge is 2.31. The summed E-state index contributed by atoms with van der Waals surface area (Å²) in [5.41, 5.74) is 0. The fraction of sp³-hybridized carbons (Fsp3) is 0.625. The zero-order chi connectivity index (χ0) is 15.5. The lowest BCUT2D eigenvalue weighted by atomic mass is 10.2. The molecule has 1 aliphatic heterocycles. The summed E-state index contributed by atoms with van der Waals surface area (Å²) in [5, 5.41) is 4.16. The molecule has 0 aliphatic carbocycles. The van der Waals surface area contributed by atoms with E-state index in [1.807, 2.05) is 19.1 Å². The largest absolute Gasteiger partial charge is 0.465 e. The average molecular weight is 305 g/mol. The summed E-state index contributed by atoms with van der Waals surface area (Å²) in [6.07, 6.45) is 2.19. The van der Waals surface area contributed by atoms with Crippen LogP contribution in [0.2, 0.25) is 0 Å². The van der Waals surface area contributed by atoms with Gasteiger partial charge in [-0.3, -0.25) is 4.90 Å². The molecule has 0 aromatic carbocycles. The van der Waals surface area contributed by atoms with Crippen molar-refractivity contribution in [3.05, 3.63) is 29.6 Å². The normalized spacial score (nSPS) is 19.2. The van der Waals surface area contributed by atoms with Gasteiger partial charge in [-0.25, -0.2) is 0 Å². The monoisotopic (exact) mass is 305 g/mol. The van der Waals surface area contributed by atoms with Crippen molar-refractivity contribution in [1.82, 2.24) is 15.0 Å². The van der Waals surface area contributed by atoms with Crippen molar-refractivity contribution in [3.8, 4) is 5.95 Å². The highest BCUT2D eigenvalue weighted by Crippen LogP contribution is 2.32. The van der Waals surface area contributed by atoms with Gasteiger partial charge in [0.25, 0.3) is 5.95 Å². The van der Waals surface area contributed by atoms with E-state index in [0.717, 1.165) is 37.5 Å². The van der Waals surface area contributed by atoms with Crippen LogP contribution in [0.5, 0.6) is 5.95 Å². The first-order valence-electron chi connectivity index (χ1n) is 7.96. The highest BCUT2D eigenvalue weighted by molar-refractivity contribution is 5.12. The Balaban J connectivity index is 1.69. The van der Waals surface area contributed by atoms with Crippen LogP contribution in [0.1, 0.15) is 63.0 Å². The summed E-state index contributed by atoms with van der Waals surface area (Å²) >= 11 is 0. The molecule has 0 spiro atoms. The Kier molecular flexibility index (Phi) is 4.47. The Morgan fingerprint density at radius 1 is 1.41 bits per heavy atom. The van der Waals surface area contributed by atoms with E-state index in [-0.39, 0.29) is 12.0 Å². The number of aromatic nitrogens is 2. The van der Waals surface area contributed by atoms with Gasteiger partial charge in [0.05, 0.1) is 19.2 Å². The molecule has 1 saturated heterocycles. The molecule has 1 atom stereocenters. The molecule has 2 aromatic heterocycles. The van der Waals surface area contributed by atoms with Crippen molar-refractivity contribution in [2.45, 2.75) is 52.1 Å². The van der Waals surface area contributed by atoms with Crippen molar-refractivity contribution in [1.29, 1.82) is 0 Å². The predicted octanol–water partition coefficient (Wildman–Crippen LogP) is 3.52. The first-order chi connectivity index (χ1) is 10.7. The Hall–Kier alpha value is -1.82. The third kappa shape index (κ3) is 3.16. The van der Waals surface area contributed by atoms with Gasteiger partial charge in [-0.1, -0.05) is 19.0 Å². The lowest BCUT2D eigenvalue weighted by molar-refractivity contribution is 0.198. The predicted molar refractivity (Wildman–Crippen MR) is 80.6 cm³/mol. The molecule has 3 heterocycles. The minimum Gasteiger partial charge on any atom is -0.465 e. The third-order valence-electron chi connectivity index (χ3n) is 3.90. The lowest BCUT2D eigenvalue weighted by Gasteiger charge is -2.20. The lowest BCUT2D eigenvalue weighted by Crippen LogP contribution is -2.23. The van der Waals surface area contributed by atoms with Crippen molar-refractivity contribution in [2.75, 3.05) is 13.2 Å². The number of ether oxygens (including phenoxy) is 1. The van der Waals surface area contributed by atoms with Crippen LogP contribution in [0.25, 0.3) is 0 Å². The van der Waals surface area contributed by atoms with Crippen LogP contribution in [-0.4, -0.2) is 28.2 Å². The van der Waals surface area contributed by atoms with Gasteiger partial charge in [-0.05, 0) is 32.4 Å². The van der Waals surface area contributed by atoms with Gasteiger partial charge >= 0.3 is 0 Å². The molecule has 120 valence electrons. The summed E-state index contributed by atoms with van der Waals surface area (Å²) in [6, 6.07) is 4.04. The van der Waals surface area contributed by atoms with Crippen LogP contribution in [0.15, 0.2) is 21.1 Å². The standard InChI is InChI=1S/C16H23N3O3/c1-4-20-14-8-7-12(21-14)10-19-9-5-6-13(19)15-17-16(11(2)3)22-18-15/h7-8,11,13H,4-6,9-10H2,1-3H3. The summed E-state index contributed by atoms with van der Waals surface area (Å²) in [4.78, 5) is 6.88. The van der Waals surface area contributed by atoms with E-state index >= 15 is 0 Å². The van der Waals surface area contributed by atoms with E-state index in [9.17, 15) is 0 Å². The van der Waals surface area contributed by atoms with Crippen LogP contribution in [0.4, 0.5) is 0 Å². The maximum absolute atomic E-state index is 5.69. The molecular formula is C16H23N3O3. The molecule has 6 heteroatoms. The van der Waals surface area contributed by atoms with Gasteiger partial charge in [0.15, 0.2) is 5.82 Å². The minimum atomic E-state index is 0.205. The molecule has 0 N–H and O–H groups in total. The number of hydrogen-bond donors (Lipinski definition) is 0. The maximum Gasteiger partial charge on any atom is 0.284 e. The molecule has 0 amide bonds. The van der Waals surface area contributed by atoms with Crippen LogP contribution in [-0.2, 0) is 6.54 Å². The fourth-order valence-electron chi connectivity index (χ4n) is 2.79. The van der Waals surface area contributed by atoms with Crippen LogP contribution in [0, 0.1) is 0 Å². The van der Waals surface area contributed by atoms with Crippen molar-refractivity contribution in [2.24, 2.45) is 0 Å². The molecule has 0 radical (unpaired) electrons. The van der Waals surface area contributed by atoms with E-state index < -0.39 is 0 Å². The molecule has 1 aliphatic rings. The summed E-state index contributed by atoms with van der Waals surface area (Å²) in [6.45, 7) is 8.43. The first-order valence-corrected chi connectivity index (χ1v) is 7.96. The topological polar surface area (TPSA) is 64.5 Å². The van der Waals surface area contributed by atoms with Crippen LogP contribution in [0.3, 0.4) is 0 Å². The van der Waals surface area contributed by atoms with Crippen molar-refractivity contribution < 1.29 is 13.7 Å². The van der Waals surface area contributed by atoms with Gasteiger partial charge in [-0.15, -0.1) is 0 Å². The Morgan fingerprint density at radius 3 is 3.00 bits per heavy atom. The molecular weight excluding hydrogens is 282 g/mol. The van der Waals surface area contributed by atoms with E-state index in [2.05, 4.69) is 28.9 Å². The van der Waals surface area contributed by atoms with Crippen molar-refractivity contribution >= 4 is 0 Å². The molecule has 2 aromatic rings. The Morgan fingerprint density at radius 2 is 2.27 bits per heavy atom. The SMILES string of the molecule is CCOc1ccc(CN2CCCC2c2noc(C(C)C)n2)o1. The van der Waals surface area contributed by atoms with Gasteiger partial charge < -0.3 is 13.7 Å². The zero-order valence-corrected chi connectivity index (χ0v) is 13.4. The van der Waals surface area contributed by atoms with E-state index in [4.69, 9.17) is 13.7 Å². The smallest absolute Gasteiger partial charge is 0.284 e. The average Bonchev–Trinajstić information content (AvgIpc) is 3.19. The number of hydrogen-bond acceptors (Lipinski definition) is 6. The van der Waals surface area contributed by atoms with E-state index in [0.29, 0.717) is 18.4 Å². The zero-order valence-electron chi connectivity index (χ0n) is 13.4.